The van der Waals surface area contributed by atoms with Gasteiger partial charge in [-0.05, 0) is 38.1 Å². The average molecular weight is 235 g/mol. The van der Waals surface area contributed by atoms with Gasteiger partial charge in [0.15, 0.2) is 0 Å². The van der Waals surface area contributed by atoms with Crippen LogP contribution in [0.1, 0.15) is 25.6 Å². The van der Waals surface area contributed by atoms with E-state index in [-0.39, 0.29) is 18.5 Å². The Hall–Kier alpha value is -1.75. The van der Waals surface area contributed by atoms with Crippen molar-refractivity contribution >= 4 is 0 Å². The zero-order valence-electron chi connectivity index (χ0n) is 9.76. The zero-order chi connectivity index (χ0) is 12.4. The van der Waals surface area contributed by atoms with Crippen LogP contribution in [0.15, 0.2) is 24.3 Å². The van der Waals surface area contributed by atoms with Crippen molar-refractivity contribution in [3.05, 3.63) is 35.8 Å². The molecule has 0 saturated carbocycles. The fourth-order valence-corrected chi connectivity index (χ4v) is 1.70. The molecular weight excluding hydrogens is 221 g/mol. The van der Waals surface area contributed by atoms with Crippen molar-refractivity contribution in [2.45, 2.75) is 26.5 Å². The van der Waals surface area contributed by atoms with Crippen LogP contribution in [0.2, 0.25) is 0 Å². The second-order valence-corrected chi connectivity index (χ2v) is 4.09. The third kappa shape index (κ3) is 2.19. The van der Waals surface area contributed by atoms with Crippen molar-refractivity contribution in [2.24, 2.45) is 0 Å². The quantitative estimate of drug-likeness (QED) is 0.886. The molecule has 0 spiro atoms. The van der Waals surface area contributed by atoms with Crippen LogP contribution in [0.3, 0.4) is 0 Å². The van der Waals surface area contributed by atoms with Crippen LogP contribution in [-0.2, 0) is 6.61 Å². The van der Waals surface area contributed by atoms with E-state index in [9.17, 15) is 9.50 Å². The normalized spacial score (nSPS) is 11.1. The first kappa shape index (κ1) is 11.7. The van der Waals surface area contributed by atoms with Crippen LogP contribution < -0.4 is 0 Å². The third-order valence-electron chi connectivity index (χ3n) is 2.52. The molecule has 0 atom stereocenters. The Morgan fingerprint density at radius 2 is 1.94 bits per heavy atom. The predicted octanol–water partition coefficient (Wildman–Crippen LogP) is 2.16. The highest BCUT2D eigenvalue weighted by atomic mass is 19.1. The van der Waals surface area contributed by atoms with Crippen molar-refractivity contribution in [3.63, 3.8) is 0 Å². The number of aromatic nitrogens is 3. The van der Waals surface area contributed by atoms with E-state index in [2.05, 4.69) is 10.3 Å². The fourth-order valence-electron chi connectivity index (χ4n) is 1.70. The molecular formula is C12H14FN3O. The highest BCUT2D eigenvalue weighted by Crippen LogP contribution is 2.25. The molecule has 1 aromatic heterocycles. The van der Waals surface area contributed by atoms with Gasteiger partial charge in [0, 0.05) is 11.6 Å². The molecule has 1 aromatic carbocycles. The molecule has 0 fully saturated rings. The molecule has 0 aliphatic rings. The van der Waals surface area contributed by atoms with Gasteiger partial charge in [0.05, 0.1) is 12.3 Å². The third-order valence-corrected chi connectivity index (χ3v) is 2.52. The lowest BCUT2D eigenvalue weighted by atomic mass is 10.1. The summed E-state index contributed by atoms with van der Waals surface area (Å²) in [6.07, 6.45) is 0. The van der Waals surface area contributed by atoms with Gasteiger partial charge >= 0.3 is 0 Å². The monoisotopic (exact) mass is 235 g/mol. The summed E-state index contributed by atoms with van der Waals surface area (Å²) >= 11 is 0. The first-order valence-corrected chi connectivity index (χ1v) is 5.44. The summed E-state index contributed by atoms with van der Waals surface area (Å²) in [6, 6.07) is 6.21. The van der Waals surface area contributed by atoms with E-state index in [1.807, 2.05) is 13.8 Å². The molecule has 2 rings (SSSR count). The Labute approximate surface area is 98.7 Å². The summed E-state index contributed by atoms with van der Waals surface area (Å²) in [5.41, 5.74) is 2.04. The molecule has 1 N–H and O–H groups in total. The molecule has 0 aliphatic carbocycles. The Bertz CT molecular complexity index is 505. The molecule has 17 heavy (non-hydrogen) atoms. The molecule has 0 bridgehead atoms. The van der Waals surface area contributed by atoms with Crippen molar-refractivity contribution in [2.75, 3.05) is 0 Å². The van der Waals surface area contributed by atoms with Gasteiger partial charge in [0.2, 0.25) is 0 Å². The Kier molecular flexibility index (Phi) is 3.19. The molecule has 0 saturated heterocycles. The predicted molar refractivity (Wildman–Crippen MR) is 61.7 cm³/mol. The zero-order valence-corrected chi connectivity index (χ0v) is 9.76. The second-order valence-electron chi connectivity index (χ2n) is 4.09. The van der Waals surface area contributed by atoms with Crippen LogP contribution in [-0.4, -0.2) is 20.1 Å². The van der Waals surface area contributed by atoms with Gasteiger partial charge in [-0.15, -0.1) is 5.10 Å². The van der Waals surface area contributed by atoms with E-state index in [1.165, 1.54) is 12.1 Å². The number of hydrogen-bond donors (Lipinski definition) is 1. The first-order valence-electron chi connectivity index (χ1n) is 5.44. The van der Waals surface area contributed by atoms with Crippen molar-refractivity contribution in [1.82, 2.24) is 15.0 Å². The Morgan fingerprint density at radius 1 is 1.29 bits per heavy atom. The maximum Gasteiger partial charge on any atom is 0.123 e. The van der Waals surface area contributed by atoms with E-state index in [0.29, 0.717) is 5.69 Å². The summed E-state index contributed by atoms with van der Waals surface area (Å²) in [6.45, 7) is 3.77. The minimum Gasteiger partial charge on any atom is -0.390 e. The highest BCUT2D eigenvalue weighted by molar-refractivity contribution is 5.61. The SMILES string of the molecule is CC(C)n1nnc(CO)c1-c1ccc(F)cc1. The van der Waals surface area contributed by atoms with Crippen LogP contribution in [0.5, 0.6) is 0 Å². The minimum atomic E-state index is -0.289. The van der Waals surface area contributed by atoms with Crippen LogP contribution in [0.4, 0.5) is 4.39 Å². The molecule has 0 amide bonds. The van der Waals surface area contributed by atoms with E-state index in [1.54, 1.807) is 16.8 Å². The number of benzene rings is 1. The summed E-state index contributed by atoms with van der Waals surface area (Å²) in [7, 11) is 0. The maximum atomic E-state index is 12.9. The van der Waals surface area contributed by atoms with E-state index >= 15 is 0 Å². The fraction of sp³-hybridized carbons (Fsp3) is 0.333. The summed E-state index contributed by atoms with van der Waals surface area (Å²) in [4.78, 5) is 0. The van der Waals surface area contributed by atoms with Crippen LogP contribution in [0.25, 0.3) is 11.3 Å². The number of rotatable bonds is 3. The standard InChI is InChI=1S/C12H14FN3O/c1-8(2)16-12(11(7-17)14-15-16)9-3-5-10(13)6-4-9/h3-6,8,17H,7H2,1-2H3. The largest absolute Gasteiger partial charge is 0.390 e. The number of nitrogens with zero attached hydrogens (tertiary/aromatic N) is 3. The van der Waals surface area contributed by atoms with E-state index in [0.717, 1.165) is 11.3 Å². The van der Waals surface area contributed by atoms with Gasteiger partial charge < -0.3 is 5.11 Å². The number of aliphatic hydroxyl groups is 1. The van der Waals surface area contributed by atoms with Gasteiger partial charge in [-0.1, -0.05) is 5.21 Å². The van der Waals surface area contributed by atoms with Gasteiger partial charge in [0.25, 0.3) is 0 Å². The lowest BCUT2D eigenvalue weighted by Gasteiger charge is -2.10. The summed E-state index contributed by atoms with van der Waals surface area (Å²) in [5.74, 6) is -0.289. The maximum absolute atomic E-state index is 12.9. The highest BCUT2D eigenvalue weighted by Gasteiger charge is 2.15. The van der Waals surface area contributed by atoms with Crippen molar-refractivity contribution < 1.29 is 9.50 Å². The molecule has 4 nitrogen and oxygen atoms in total. The molecule has 0 unspecified atom stereocenters. The van der Waals surface area contributed by atoms with Gasteiger partial charge in [-0.3, -0.25) is 0 Å². The minimum absolute atomic E-state index is 0.128. The van der Waals surface area contributed by atoms with Gasteiger partial charge in [-0.2, -0.15) is 0 Å². The molecule has 2 aromatic rings. The Morgan fingerprint density at radius 3 is 2.47 bits per heavy atom. The first-order chi connectivity index (χ1) is 8.13. The number of hydrogen-bond acceptors (Lipinski definition) is 3. The van der Waals surface area contributed by atoms with Gasteiger partial charge in [0.1, 0.15) is 11.5 Å². The van der Waals surface area contributed by atoms with Crippen LogP contribution in [0, 0.1) is 5.82 Å². The molecule has 0 aliphatic heterocycles. The summed E-state index contributed by atoms with van der Waals surface area (Å²) < 4.78 is 14.6. The molecule has 5 heteroatoms. The molecule has 90 valence electrons. The lowest BCUT2D eigenvalue weighted by molar-refractivity contribution is 0.277. The lowest BCUT2D eigenvalue weighted by Crippen LogP contribution is -2.05. The Balaban J connectivity index is 2.55. The number of halogens is 1. The smallest absolute Gasteiger partial charge is 0.123 e. The van der Waals surface area contributed by atoms with E-state index < -0.39 is 0 Å². The molecule has 1 heterocycles. The second kappa shape index (κ2) is 4.63. The molecule has 0 radical (unpaired) electrons. The number of aliphatic hydroxyl groups excluding tert-OH is 1. The average Bonchev–Trinajstić information content (AvgIpc) is 2.73. The van der Waals surface area contributed by atoms with Crippen molar-refractivity contribution in [1.29, 1.82) is 0 Å². The van der Waals surface area contributed by atoms with Crippen molar-refractivity contribution in [3.8, 4) is 11.3 Å². The van der Waals surface area contributed by atoms with Gasteiger partial charge in [-0.25, -0.2) is 9.07 Å². The summed E-state index contributed by atoms with van der Waals surface area (Å²) in [5, 5.41) is 17.2. The van der Waals surface area contributed by atoms with E-state index in [4.69, 9.17) is 0 Å². The topological polar surface area (TPSA) is 50.9 Å². The van der Waals surface area contributed by atoms with Crippen LogP contribution >= 0.6 is 0 Å².